The van der Waals surface area contributed by atoms with Crippen molar-refractivity contribution in [3.63, 3.8) is 0 Å². The van der Waals surface area contributed by atoms with Crippen LogP contribution in [0.1, 0.15) is 24.5 Å². The van der Waals surface area contributed by atoms with Crippen LogP contribution in [0.4, 0.5) is 0 Å². The molecule has 1 aromatic rings. The molecule has 3 heteroatoms. The van der Waals surface area contributed by atoms with E-state index in [-0.39, 0.29) is 0 Å². The maximum Gasteiger partial charge on any atom is 0.164 e. The molecule has 0 atom stereocenters. The molecule has 1 heterocycles. The number of likely N-dealkylation sites (N-methyl/N-ethyl adjacent to an activating group) is 1. The molecule has 1 N–H and O–H groups in total. The first-order valence-corrected chi connectivity index (χ1v) is 6.41. The standard InChI is InChI=1S/C14H21NO2/c1-3-12-11(7-8-15-2)5-6-13-14(12)17-10-4-9-16-13/h5-6,15H,3-4,7-10H2,1-2H3. The molecule has 0 bridgehead atoms. The van der Waals surface area contributed by atoms with Crippen molar-refractivity contribution in [2.24, 2.45) is 0 Å². The molecule has 1 aromatic carbocycles. The zero-order chi connectivity index (χ0) is 12.1. The summed E-state index contributed by atoms with van der Waals surface area (Å²) in [7, 11) is 1.98. The van der Waals surface area contributed by atoms with Gasteiger partial charge in [-0.05, 0) is 38.1 Å². The van der Waals surface area contributed by atoms with Crippen molar-refractivity contribution >= 4 is 0 Å². The summed E-state index contributed by atoms with van der Waals surface area (Å²) in [5.74, 6) is 1.88. The zero-order valence-corrected chi connectivity index (χ0v) is 10.7. The van der Waals surface area contributed by atoms with Crippen molar-refractivity contribution < 1.29 is 9.47 Å². The highest BCUT2D eigenvalue weighted by Crippen LogP contribution is 2.36. The third kappa shape index (κ3) is 2.72. The third-order valence-corrected chi connectivity index (χ3v) is 3.11. The van der Waals surface area contributed by atoms with Crippen molar-refractivity contribution in [2.45, 2.75) is 26.2 Å². The normalized spacial score (nSPS) is 14.5. The van der Waals surface area contributed by atoms with Gasteiger partial charge in [-0.15, -0.1) is 0 Å². The maximum absolute atomic E-state index is 5.85. The van der Waals surface area contributed by atoms with Crippen LogP contribution in [0, 0.1) is 0 Å². The largest absolute Gasteiger partial charge is 0.490 e. The van der Waals surface area contributed by atoms with Crippen LogP contribution in [0.3, 0.4) is 0 Å². The fraction of sp³-hybridized carbons (Fsp3) is 0.571. The van der Waals surface area contributed by atoms with Crippen LogP contribution in [0.15, 0.2) is 12.1 Å². The summed E-state index contributed by atoms with van der Waals surface area (Å²) in [6.07, 6.45) is 2.99. The molecule has 0 amide bonds. The Bertz CT molecular complexity index is 377. The molecule has 0 saturated heterocycles. The number of fused-ring (bicyclic) bond motifs is 1. The summed E-state index contributed by atoms with van der Waals surface area (Å²) >= 11 is 0. The SMILES string of the molecule is CCc1c(CCNC)ccc2c1OCCCO2. The van der Waals surface area contributed by atoms with E-state index in [1.807, 2.05) is 13.1 Å². The van der Waals surface area contributed by atoms with E-state index in [0.717, 1.165) is 50.5 Å². The van der Waals surface area contributed by atoms with Gasteiger partial charge in [0.2, 0.25) is 0 Å². The average molecular weight is 235 g/mol. The van der Waals surface area contributed by atoms with Crippen LogP contribution in [-0.4, -0.2) is 26.8 Å². The number of rotatable bonds is 4. The molecule has 94 valence electrons. The van der Waals surface area contributed by atoms with E-state index in [2.05, 4.69) is 18.3 Å². The quantitative estimate of drug-likeness (QED) is 0.867. The van der Waals surface area contributed by atoms with Gasteiger partial charge in [0.25, 0.3) is 0 Å². The first-order valence-electron chi connectivity index (χ1n) is 6.41. The van der Waals surface area contributed by atoms with E-state index in [1.54, 1.807) is 0 Å². The summed E-state index contributed by atoms with van der Waals surface area (Å²) in [5, 5.41) is 3.19. The lowest BCUT2D eigenvalue weighted by Crippen LogP contribution is -2.12. The summed E-state index contributed by atoms with van der Waals surface area (Å²) in [6, 6.07) is 4.22. The molecule has 0 radical (unpaired) electrons. The summed E-state index contributed by atoms with van der Waals surface area (Å²) in [6.45, 7) is 4.68. The fourth-order valence-corrected chi connectivity index (χ4v) is 2.22. The summed E-state index contributed by atoms with van der Waals surface area (Å²) in [5.41, 5.74) is 2.67. The molecule has 0 unspecified atom stereocenters. The second kappa shape index (κ2) is 5.92. The molecule has 1 aliphatic rings. The monoisotopic (exact) mass is 235 g/mol. The summed E-state index contributed by atoms with van der Waals surface area (Å²) < 4.78 is 11.6. The highest BCUT2D eigenvalue weighted by atomic mass is 16.5. The van der Waals surface area contributed by atoms with Crippen molar-refractivity contribution in [2.75, 3.05) is 26.8 Å². The van der Waals surface area contributed by atoms with Crippen LogP contribution >= 0.6 is 0 Å². The van der Waals surface area contributed by atoms with Gasteiger partial charge in [0.1, 0.15) is 0 Å². The van der Waals surface area contributed by atoms with Crippen LogP contribution < -0.4 is 14.8 Å². The topological polar surface area (TPSA) is 30.5 Å². The highest BCUT2D eigenvalue weighted by molar-refractivity contribution is 5.51. The Kier molecular flexibility index (Phi) is 4.26. The van der Waals surface area contributed by atoms with E-state index in [0.29, 0.717) is 0 Å². The van der Waals surface area contributed by atoms with Crippen LogP contribution in [-0.2, 0) is 12.8 Å². The fourth-order valence-electron chi connectivity index (χ4n) is 2.22. The summed E-state index contributed by atoms with van der Waals surface area (Å²) in [4.78, 5) is 0. The Morgan fingerprint density at radius 1 is 1.24 bits per heavy atom. The smallest absolute Gasteiger partial charge is 0.164 e. The van der Waals surface area contributed by atoms with E-state index in [1.165, 1.54) is 11.1 Å². The van der Waals surface area contributed by atoms with Crippen molar-refractivity contribution in [3.05, 3.63) is 23.3 Å². The maximum atomic E-state index is 5.85. The molecule has 0 fully saturated rings. The van der Waals surface area contributed by atoms with Gasteiger partial charge in [-0.3, -0.25) is 0 Å². The number of hydrogen-bond acceptors (Lipinski definition) is 3. The molecule has 1 aliphatic heterocycles. The lowest BCUT2D eigenvalue weighted by atomic mass is 10.0. The average Bonchev–Trinajstić information content (AvgIpc) is 2.60. The molecular formula is C14H21NO2. The first kappa shape index (κ1) is 12.2. The van der Waals surface area contributed by atoms with Crippen molar-refractivity contribution in [3.8, 4) is 11.5 Å². The first-order chi connectivity index (χ1) is 8.36. The minimum Gasteiger partial charge on any atom is -0.490 e. The molecule has 2 rings (SSSR count). The lowest BCUT2D eigenvalue weighted by molar-refractivity contribution is 0.296. The number of hydrogen-bond donors (Lipinski definition) is 1. The van der Waals surface area contributed by atoms with Crippen LogP contribution in [0.5, 0.6) is 11.5 Å². The Morgan fingerprint density at radius 2 is 2.06 bits per heavy atom. The lowest BCUT2D eigenvalue weighted by Gasteiger charge is -2.15. The molecule has 0 spiro atoms. The van der Waals surface area contributed by atoms with Crippen LogP contribution in [0.25, 0.3) is 0 Å². The van der Waals surface area contributed by atoms with Gasteiger partial charge < -0.3 is 14.8 Å². The molecule has 17 heavy (non-hydrogen) atoms. The van der Waals surface area contributed by atoms with Crippen LogP contribution in [0.2, 0.25) is 0 Å². The predicted octanol–water partition coefficient (Wildman–Crippen LogP) is 2.17. The van der Waals surface area contributed by atoms with Gasteiger partial charge in [-0.2, -0.15) is 0 Å². The van der Waals surface area contributed by atoms with Crippen molar-refractivity contribution in [1.29, 1.82) is 0 Å². The predicted molar refractivity (Wildman–Crippen MR) is 69.1 cm³/mol. The van der Waals surface area contributed by atoms with Gasteiger partial charge in [0.05, 0.1) is 13.2 Å². The van der Waals surface area contributed by atoms with Gasteiger partial charge in [-0.25, -0.2) is 0 Å². The molecule has 0 aliphatic carbocycles. The number of benzene rings is 1. The van der Waals surface area contributed by atoms with Gasteiger partial charge >= 0.3 is 0 Å². The Labute approximate surface area is 103 Å². The number of ether oxygens (including phenoxy) is 2. The van der Waals surface area contributed by atoms with E-state index < -0.39 is 0 Å². The molecule has 0 aromatic heterocycles. The minimum atomic E-state index is 0.756. The van der Waals surface area contributed by atoms with E-state index in [4.69, 9.17) is 9.47 Å². The Hall–Kier alpha value is -1.22. The van der Waals surface area contributed by atoms with Gasteiger partial charge in [0.15, 0.2) is 11.5 Å². The minimum absolute atomic E-state index is 0.756. The molecule has 0 saturated carbocycles. The number of nitrogens with one attached hydrogen (secondary N) is 1. The second-order valence-corrected chi connectivity index (χ2v) is 4.29. The zero-order valence-electron chi connectivity index (χ0n) is 10.7. The third-order valence-electron chi connectivity index (χ3n) is 3.11. The van der Waals surface area contributed by atoms with Crippen molar-refractivity contribution in [1.82, 2.24) is 5.32 Å². The van der Waals surface area contributed by atoms with E-state index in [9.17, 15) is 0 Å². The second-order valence-electron chi connectivity index (χ2n) is 4.29. The van der Waals surface area contributed by atoms with Gasteiger partial charge in [-0.1, -0.05) is 13.0 Å². The molecule has 3 nitrogen and oxygen atoms in total. The van der Waals surface area contributed by atoms with E-state index >= 15 is 0 Å². The Morgan fingerprint density at radius 3 is 2.82 bits per heavy atom. The Balaban J connectivity index is 2.32. The van der Waals surface area contributed by atoms with Gasteiger partial charge in [0, 0.05) is 12.0 Å². The highest BCUT2D eigenvalue weighted by Gasteiger charge is 2.16. The molecular weight excluding hydrogens is 214 g/mol.